The lowest BCUT2D eigenvalue weighted by Gasteiger charge is -2.14. The Morgan fingerprint density at radius 2 is 2.21 bits per heavy atom. The molecule has 2 rings (SSSR count). The van der Waals surface area contributed by atoms with Crippen LogP contribution in [0.2, 0.25) is 0 Å². The van der Waals surface area contributed by atoms with Gasteiger partial charge in [0, 0.05) is 20.3 Å². The van der Waals surface area contributed by atoms with Crippen molar-refractivity contribution in [1.29, 1.82) is 0 Å². The van der Waals surface area contributed by atoms with Gasteiger partial charge in [0.05, 0.1) is 0 Å². The molecule has 1 heterocycles. The predicted molar refractivity (Wildman–Crippen MR) is 67.4 cm³/mol. The predicted octanol–water partition coefficient (Wildman–Crippen LogP) is 1.19. The van der Waals surface area contributed by atoms with Gasteiger partial charge in [-0.05, 0) is 36.8 Å². The third kappa shape index (κ3) is 3.43. The summed E-state index contributed by atoms with van der Waals surface area (Å²) in [6.07, 6.45) is 3.30. The molecule has 0 saturated heterocycles. The second kappa shape index (κ2) is 5.44. The average Bonchev–Trinajstić information content (AvgIpc) is 2.99. The molecule has 7 heteroatoms. The molecule has 106 valence electrons. The Hall–Kier alpha value is -1.18. The van der Waals surface area contributed by atoms with Crippen molar-refractivity contribution in [2.75, 3.05) is 20.3 Å². The largest absolute Gasteiger partial charge is 0.440 e. The normalized spacial score (nSPS) is 17.3. The average molecular weight is 287 g/mol. The van der Waals surface area contributed by atoms with E-state index in [-0.39, 0.29) is 16.3 Å². The molecule has 0 aromatic carbocycles. The van der Waals surface area contributed by atoms with Crippen LogP contribution in [0.3, 0.4) is 0 Å². The maximum atomic E-state index is 12.0. The fourth-order valence-corrected chi connectivity index (χ4v) is 2.96. The number of furan rings is 1. The van der Waals surface area contributed by atoms with Crippen molar-refractivity contribution in [3.63, 3.8) is 0 Å². The lowest BCUT2D eigenvalue weighted by molar-refractivity contribution is 0.109. The van der Waals surface area contributed by atoms with E-state index in [0.29, 0.717) is 19.4 Å². The number of hydrogen-bond acceptors (Lipinski definition) is 5. The van der Waals surface area contributed by atoms with Gasteiger partial charge in [0.2, 0.25) is 5.09 Å². The summed E-state index contributed by atoms with van der Waals surface area (Å²) in [5.74, 6) is 0.000827. The molecule has 0 bridgehead atoms. The van der Waals surface area contributed by atoms with Crippen LogP contribution in [0.5, 0.6) is 0 Å². The summed E-state index contributed by atoms with van der Waals surface area (Å²) >= 11 is 0. The van der Waals surface area contributed by atoms with Crippen LogP contribution in [0.15, 0.2) is 21.6 Å². The van der Waals surface area contributed by atoms with Crippen LogP contribution in [0, 0.1) is 5.41 Å². The summed E-state index contributed by atoms with van der Waals surface area (Å²) in [6, 6.07) is 2.61. The van der Waals surface area contributed by atoms with Crippen LogP contribution in [0.4, 0.5) is 0 Å². The van der Waals surface area contributed by atoms with E-state index >= 15 is 0 Å². The van der Waals surface area contributed by atoms with Gasteiger partial charge < -0.3 is 9.15 Å². The van der Waals surface area contributed by atoms with Crippen molar-refractivity contribution in [3.8, 4) is 0 Å². The maximum Gasteiger partial charge on any atom is 0.273 e. The first-order valence-electron chi connectivity index (χ1n) is 6.05. The number of rotatable bonds is 8. The van der Waals surface area contributed by atoms with Crippen LogP contribution in [-0.4, -0.2) is 35.0 Å². The molecule has 0 unspecified atom stereocenters. The van der Waals surface area contributed by atoms with Crippen molar-refractivity contribution in [2.24, 2.45) is 5.41 Å². The van der Waals surface area contributed by atoms with E-state index in [0.717, 1.165) is 19.3 Å². The van der Waals surface area contributed by atoms with Gasteiger partial charge in [-0.1, -0.05) is 0 Å². The van der Waals surface area contributed by atoms with Crippen LogP contribution in [-0.2, 0) is 14.8 Å². The van der Waals surface area contributed by atoms with Crippen molar-refractivity contribution in [1.82, 2.24) is 4.72 Å². The van der Waals surface area contributed by atoms with E-state index in [4.69, 9.17) is 9.15 Å². The van der Waals surface area contributed by atoms with Gasteiger partial charge in [-0.15, -0.1) is 0 Å². The van der Waals surface area contributed by atoms with Crippen LogP contribution < -0.4 is 4.72 Å². The monoisotopic (exact) mass is 287 g/mol. The summed E-state index contributed by atoms with van der Waals surface area (Å²) in [4.78, 5) is 10.5. The lowest BCUT2D eigenvalue weighted by atomic mass is 10.0. The Balaban J connectivity index is 1.96. The Morgan fingerprint density at radius 1 is 1.47 bits per heavy atom. The molecule has 1 N–H and O–H groups in total. The molecule has 1 saturated carbocycles. The highest BCUT2D eigenvalue weighted by Crippen LogP contribution is 2.48. The van der Waals surface area contributed by atoms with Gasteiger partial charge in [0.25, 0.3) is 10.0 Å². The minimum atomic E-state index is -3.68. The van der Waals surface area contributed by atoms with E-state index in [1.807, 2.05) is 0 Å². The highest BCUT2D eigenvalue weighted by molar-refractivity contribution is 7.89. The van der Waals surface area contributed by atoms with E-state index in [9.17, 15) is 13.2 Å². The van der Waals surface area contributed by atoms with Gasteiger partial charge in [-0.2, -0.15) is 0 Å². The Morgan fingerprint density at radius 3 is 2.74 bits per heavy atom. The second-order valence-corrected chi connectivity index (χ2v) is 6.54. The molecular formula is C12H17NO5S. The third-order valence-electron chi connectivity index (χ3n) is 3.41. The Kier molecular flexibility index (Phi) is 4.07. The third-order valence-corrected chi connectivity index (χ3v) is 4.69. The number of carbonyl (C=O) groups excluding carboxylic acids is 1. The van der Waals surface area contributed by atoms with Crippen molar-refractivity contribution in [2.45, 2.75) is 24.4 Å². The molecule has 19 heavy (non-hydrogen) atoms. The number of carbonyl (C=O) groups is 1. The van der Waals surface area contributed by atoms with Crippen LogP contribution >= 0.6 is 0 Å². The molecule has 1 aromatic rings. The standard InChI is InChI=1S/C12H17NO5S/c1-17-7-6-12(4-5-12)9-13-19(15,16)11-3-2-10(8-14)18-11/h2-3,8,13H,4-7,9H2,1H3. The topological polar surface area (TPSA) is 85.6 Å². The Bertz CT molecular complexity index is 544. The number of methoxy groups -OCH3 is 1. The quantitative estimate of drug-likeness (QED) is 0.726. The van der Waals surface area contributed by atoms with E-state index < -0.39 is 10.0 Å². The van der Waals surface area contributed by atoms with Gasteiger partial charge in [-0.3, -0.25) is 4.79 Å². The zero-order valence-electron chi connectivity index (χ0n) is 10.7. The number of sulfonamides is 1. The maximum absolute atomic E-state index is 12.0. The molecule has 1 aliphatic carbocycles. The number of ether oxygens (including phenoxy) is 1. The van der Waals surface area contributed by atoms with Crippen molar-refractivity contribution < 1.29 is 22.4 Å². The zero-order valence-corrected chi connectivity index (χ0v) is 11.5. The fraction of sp³-hybridized carbons (Fsp3) is 0.583. The highest BCUT2D eigenvalue weighted by atomic mass is 32.2. The van der Waals surface area contributed by atoms with E-state index in [1.54, 1.807) is 7.11 Å². The number of nitrogens with one attached hydrogen (secondary N) is 1. The van der Waals surface area contributed by atoms with E-state index in [2.05, 4.69) is 4.72 Å². The van der Waals surface area contributed by atoms with Crippen LogP contribution in [0.25, 0.3) is 0 Å². The molecule has 0 aliphatic heterocycles. The summed E-state index contributed by atoms with van der Waals surface area (Å²) in [5, 5.41) is -0.225. The summed E-state index contributed by atoms with van der Waals surface area (Å²) in [5.41, 5.74) is 0.0170. The zero-order chi connectivity index (χ0) is 13.9. The molecule has 1 aromatic heterocycles. The molecule has 0 atom stereocenters. The number of hydrogen-bond donors (Lipinski definition) is 1. The molecular weight excluding hydrogens is 270 g/mol. The molecule has 0 amide bonds. The van der Waals surface area contributed by atoms with Crippen molar-refractivity contribution in [3.05, 3.63) is 17.9 Å². The van der Waals surface area contributed by atoms with Crippen LogP contribution in [0.1, 0.15) is 29.8 Å². The molecule has 6 nitrogen and oxygen atoms in total. The van der Waals surface area contributed by atoms with E-state index in [1.165, 1.54) is 12.1 Å². The van der Waals surface area contributed by atoms with Crippen molar-refractivity contribution >= 4 is 16.3 Å². The first kappa shape index (κ1) is 14.2. The SMILES string of the molecule is COCCC1(CNS(=O)(=O)c2ccc(C=O)o2)CC1. The second-order valence-electron chi connectivity index (χ2n) is 4.84. The van der Waals surface area contributed by atoms with Gasteiger partial charge in [0.1, 0.15) is 0 Å². The molecule has 0 spiro atoms. The summed E-state index contributed by atoms with van der Waals surface area (Å²) in [6.45, 7) is 0.994. The van der Waals surface area contributed by atoms with Gasteiger partial charge in [0.15, 0.2) is 12.0 Å². The first-order valence-corrected chi connectivity index (χ1v) is 7.53. The summed E-state index contributed by atoms with van der Waals surface area (Å²) < 4.78 is 36.4. The minimum absolute atomic E-state index is 0.000827. The molecule has 1 fully saturated rings. The minimum Gasteiger partial charge on any atom is -0.440 e. The molecule has 0 radical (unpaired) electrons. The van der Waals surface area contributed by atoms with Gasteiger partial charge in [-0.25, -0.2) is 13.1 Å². The summed E-state index contributed by atoms with van der Waals surface area (Å²) in [7, 11) is -2.06. The fourth-order valence-electron chi connectivity index (χ4n) is 1.87. The first-order chi connectivity index (χ1) is 9.01. The lowest BCUT2D eigenvalue weighted by Crippen LogP contribution is -2.30. The molecule has 1 aliphatic rings. The van der Waals surface area contributed by atoms with Gasteiger partial charge >= 0.3 is 0 Å². The Labute approximate surface area is 112 Å². The smallest absolute Gasteiger partial charge is 0.273 e. The highest BCUT2D eigenvalue weighted by Gasteiger charge is 2.42. The number of aldehydes is 1.